The highest BCUT2D eigenvalue weighted by Gasteiger charge is 2.58. The number of hydrogen-bond acceptors (Lipinski definition) is 3. The number of benzene rings is 1. The van der Waals surface area contributed by atoms with Gasteiger partial charge in [-0.3, -0.25) is 4.79 Å². The summed E-state index contributed by atoms with van der Waals surface area (Å²) in [6.45, 7) is 1.69. The molecule has 1 amide bonds. The van der Waals surface area contributed by atoms with Crippen LogP contribution in [0.5, 0.6) is 0 Å². The van der Waals surface area contributed by atoms with E-state index < -0.39 is 6.04 Å². The van der Waals surface area contributed by atoms with Gasteiger partial charge in [-0.05, 0) is 73.7 Å². The van der Waals surface area contributed by atoms with Crippen LogP contribution in [0.2, 0.25) is 0 Å². The number of ether oxygens (including phenoxy) is 1. The SMILES string of the molecule is COC(=O)[C@H](C)NC(=O)CC12C[C@@H]3C[C@@H](C1)CC(c1ccccc1)(C3)C2. The fourth-order valence-corrected chi connectivity index (χ4v) is 6.66. The molecule has 3 atom stereocenters. The van der Waals surface area contributed by atoms with Gasteiger partial charge in [0.15, 0.2) is 0 Å². The van der Waals surface area contributed by atoms with Crippen molar-refractivity contribution in [2.24, 2.45) is 17.3 Å². The molecular formula is C22H29NO3. The molecule has 4 nitrogen and oxygen atoms in total. The lowest BCUT2D eigenvalue weighted by molar-refractivity contribution is -0.146. The molecule has 0 unspecified atom stereocenters. The quantitative estimate of drug-likeness (QED) is 0.821. The highest BCUT2D eigenvalue weighted by atomic mass is 16.5. The second kappa shape index (κ2) is 6.40. The lowest BCUT2D eigenvalue weighted by atomic mass is 9.42. The summed E-state index contributed by atoms with van der Waals surface area (Å²) >= 11 is 0. The maximum absolute atomic E-state index is 12.7. The van der Waals surface area contributed by atoms with Crippen LogP contribution in [0.3, 0.4) is 0 Å². The Balaban J connectivity index is 1.53. The summed E-state index contributed by atoms with van der Waals surface area (Å²) in [4.78, 5) is 24.3. The van der Waals surface area contributed by atoms with E-state index in [2.05, 4.69) is 35.6 Å². The summed E-state index contributed by atoms with van der Waals surface area (Å²) in [5.41, 5.74) is 1.81. The molecule has 4 heteroatoms. The van der Waals surface area contributed by atoms with Gasteiger partial charge < -0.3 is 10.1 Å². The Morgan fingerprint density at radius 3 is 2.42 bits per heavy atom. The van der Waals surface area contributed by atoms with E-state index in [0.717, 1.165) is 31.1 Å². The summed E-state index contributed by atoms with van der Waals surface area (Å²) in [6, 6.07) is 10.3. The topological polar surface area (TPSA) is 55.4 Å². The van der Waals surface area contributed by atoms with Crippen molar-refractivity contribution < 1.29 is 14.3 Å². The van der Waals surface area contributed by atoms with Crippen molar-refractivity contribution in [2.75, 3.05) is 7.11 Å². The molecule has 4 bridgehead atoms. The fourth-order valence-electron chi connectivity index (χ4n) is 6.66. The number of rotatable bonds is 5. The van der Waals surface area contributed by atoms with Crippen molar-refractivity contribution in [3.05, 3.63) is 35.9 Å². The van der Waals surface area contributed by atoms with E-state index in [1.165, 1.54) is 31.9 Å². The van der Waals surface area contributed by atoms with Crippen LogP contribution in [0.15, 0.2) is 30.3 Å². The summed E-state index contributed by atoms with van der Waals surface area (Å²) in [5.74, 6) is 1.09. The van der Waals surface area contributed by atoms with Gasteiger partial charge in [0, 0.05) is 6.42 Å². The molecule has 4 aliphatic rings. The van der Waals surface area contributed by atoms with Gasteiger partial charge in [-0.1, -0.05) is 30.3 Å². The summed E-state index contributed by atoms with van der Waals surface area (Å²) in [5, 5.41) is 2.84. The molecular weight excluding hydrogens is 326 g/mol. The zero-order valence-corrected chi connectivity index (χ0v) is 15.8. The molecule has 1 N–H and O–H groups in total. The van der Waals surface area contributed by atoms with Gasteiger partial charge in [0.05, 0.1) is 7.11 Å². The number of methoxy groups -OCH3 is 1. The van der Waals surface area contributed by atoms with Crippen LogP contribution in [0.25, 0.3) is 0 Å². The largest absolute Gasteiger partial charge is 0.467 e. The smallest absolute Gasteiger partial charge is 0.328 e. The second-order valence-electron chi connectivity index (χ2n) is 9.10. The average Bonchev–Trinajstić information content (AvgIpc) is 2.60. The molecule has 26 heavy (non-hydrogen) atoms. The molecule has 140 valence electrons. The molecule has 0 saturated heterocycles. The zero-order valence-electron chi connectivity index (χ0n) is 15.8. The molecule has 5 rings (SSSR count). The van der Waals surface area contributed by atoms with Crippen molar-refractivity contribution in [1.29, 1.82) is 0 Å². The van der Waals surface area contributed by atoms with Gasteiger partial charge in [0.1, 0.15) is 6.04 Å². The molecule has 4 saturated carbocycles. The molecule has 0 spiro atoms. The van der Waals surface area contributed by atoms with Crippen molar-refractivity contribution in [3.63, 3.8) is 0 Å². The predicted molar refractivity (Wildman–Crippen MR) is 99.5 cm³/mol. The third-order valence-corrected chi connectivity index (χ3v) is 7.04. The molecule has 0 radical (unpaired) electrons. The van der Waals surface area contributed by atoms with E-state index in [1.54, 1.807) is 6.92 Å². The normalized spacial score (nSPS) is 35.8. The maximum Gasteiger partial charge on any atom is 0.328 e. The first-order valence-corrected chi connectivity index (χ1v) is 9.86. The molecule has 0 aromatic heterocycles. The Hall–Kier alpha value is -1.84. The number of amides is 1. The first-order valence-electron chi connectivity index (χ1n) is 9.86. The van der Waals surface area contributed by atoms with E-state index >= 15 is 0 Å². The van der Waals surface area contributed by atoms with E-state index in [4.69, 9.17) is 4.74 Å². The molecule has 0 aliphatic heterocycles. The van der Waals surface area contributed by atoms with E-state index in [9.17, 15) is 9.59 Å². The van der Waals surface area contributed by atoms with E-state index in [0.29, 0.717) is 6.42 Å². The maximum atomic E-state index is 12.7. The monoisotopic (exact) mass is 355 g/mol. The molecule has 4 aliphatic carbocycles. The molecule has 0 heterocycles. The Morgan fingerprint density at radius 2 is 1.81 bits per heavy atom. The number of carbonyl (C=O) groups is 2. The van der Waals surface area contributed by atoms with Gasteiger partial charge in [-0.25, -0.2) is 4.79 Å². The Bertz CT molecular complexity index is 685. The highest BCUT2D eigenvalue weighted by molar-refractivity contribution is 5.84. The number of nitrogens with one attached hydrogen (secondary N) is 1. The molecule has 1 aromatic carbocycles. The highest BCUT2D eigenvalue weighted by Crippen LogP contribution is 2.66. The van der Waals surface area contributed by atoms with Crippen LogP contribution < -0.4 is 5.32 Å². The predicted octanol–water partition coefficient (Wildman–Crippen LogP) is 3.59. The van der Waals surface area contributed by atoms with Crippen molar-refractivity contribution in [3.8, 4) is 0 Å². The second-order valence-corrected chi connectivity index (χ2v) is 9.10. The Labute approximate surface area is 155 Å². The number of carbonyl (C=O) groups excluding carboxylic acids is 2. The first kappa shape index (κ1) is 17.6. The average molecular weight is 355 g/mol. The summed E-state index contributed by atoms with van der Waals surface area (Å²) in [7, 11) is 1.35. The van der Waals surface area contributed by atoms with Crippen LogP contribution in [0, 0.1) is 17.3 Å². The standard InChI is InChI=1S/C22H29NO3/c1-15(20(25)26-2)23-19(24)13-21-9-16-8-17(10-21)12-22(11-16,14-21)18-6-4-3-5-7-18/h3-7,15-17H,8-14H2,1-2H3,(H,23,24)/t15-,16-,17-,21?,22?/m0/s1. The number of hydrogen-bond donors (Lipinski definition) is 1. The van der Waals surface area contributed by atoms with Crippen LogP contribution >= 0.6 is 0 Å². The van der Waals surface area contributed by atoms with Crippen molar-refractivity contribution in [2.45, 2.75) is 63.3 Å². The Morgan fingerprint density at radius 1 is 1.15 bits per heavy atom. The minimum atomic E-state index is -0.579. The van der Waals surface area contributed by atoms with Gasteiger partial charge in [-0.15, -0.1) is 0 Å². The van der Waals surface area contributed by atoms with Gasteiger partial charge in [-0.2, -0.15) is 0 Å². The third kappa shape index (κ3) is 3.04. The van der Waals surface area contributed by atoms with Crippen LogP contribution in [0.1, 0.15) is 57.4 Å². The number of esters is 1. The first-order chi connectivity index (χ1) is 12.4. The van der Waals surface area contributed by atoms with E-state index in [1.807, 2.05) is 0 Å². The van der Waals surface area contributed by atoms with Crippen molar-refractivity contribution in [1.82, 2.24) is 5.32 Å². The van der Waals surface area contributed by atoms with Crippen molar-refractivity contribution >= 4 is 11.9 Å². The van der Waals surface area contributed by atoms with Gasteiger partial charge >= 0.3 is 5.97 Å². The Kier molecular flexibility index (Phi) is 4.32. The van der Waals surface area contributed by atoms with Crippen LogP contribution in [0.4, 0.5) is 0 Å². The summed E-state index contributed by atoms with van der Waals surface area (Å²) in [6.07, 6.45) is 7.85. The summed E-state index contributed by atoms with van der Waals surface area (Å²) < 4.78 is 4.73. The minimum Gasteiger partial charge on any atom is -0.467 e. The van der Waals surface area contributed by atoms with E-state index in [-0.39, 0.29) is 22.7 Å². The minimum absolute atomic E-state index is 0.00642. The lowest BCUT2D eigenvalue weighted by Crippen LogP contribution is -2.55. The third-order valence-electron chi connectivity index (χ3n) is 7.04. The van der Waals surface area contributed by atoms with Crippen LogP contribution in [-0.2, 0) is 19.7 Å². The van der Waals surface area contributed by atoms with Crippen LogP contribution in [-0.4, -0.2) is 25.0 Å². The fraction of sp³-hybridized carbons (Fsp3) is 0.636. The molecule has 1 aromatic rings. The zero-order chi connectivity index (χ0) is 18.4. The molecule has 4 fully saturated rings. The van der Waals surface area contributed by atoms with Gasteiger partial charge in [0.25, 0.3) is 0 Å². The lowest BCUT2D eigenvalue weighted by Gasteiger charge is -2.62. The van der Waals surface area contributed by atoms with Gasteiger partial charge in [0.2, 0.25) is 5.91 Å².